The monoisotopic (exact) mass is 166 g/mol. The van der Waals surface area contributed by atoms with Gasteiger partial charge >= 0.3 is 0 Å². The van der Waals surface area contributed by atoms with Crippen LogP contribution >= 0.6 is 0 Å². The lowest BCUT2D eigenvalue weighted by Gasteiger charge is -2.35. The number of hydrogen-bond donors (Lipinski definition) is 0. The van der Waals surface area contributed by atoms with Crippen molar-refractivity contribution >= 4 is 0 Å². The van der Waals surface area contributed by atoms with Crippen molar-refractivity contribution in [3.05, 3.63) is 11.4 Å². The summed E-state index contributed by atoms with van der Waals surface area (Å²) in [4.78, 5) is 5.97. The SMILES string of the molecule is [C-]#[N+]CC1CCCCN1C(C)C. The van der Waals surface area contributed by atoms with Gasteiger partial charge < -0.3 is 4.85 Å². The average Bonchev–Trinajstić information content (AvgIpc) is 2.05. The predicted molar refractivity (Wildman–Crippen MR) is 51.0 cm³/mol. The third kappa shape index (κ3) is 2.22. The van der Waals surface area contributed by atoms with Crippen LogP contribution in [0.25, 0.3) is 4.85 Å². The zero-order chi connectivity index (χ0) is 8.97. The molecule has 68 valence electrons. The van der Waals surface area contributed by atoms with Gasteiger partial charge in [0.2, 0.25) is 6.54 Å². The second-order valence-corrected chi connectivity index (χ2v) is 3.82. The fraction of sp³-hybridized carbons (Fsp3) is 0.900. The van der Waals surface area contributed by atoms with Gasteiger partial charge in [-0.1, -0.05) is 6.42 Å². The van der Waals surface area contributed by atoms with Gasteiger partial charge in [0.15, 0.2) is 0 Å². The molecule has 0 saturated carbocycles. The Hall–Kier alpha value is -0.550. The van der Waals surface area contributed by atoms with Crippen LogP contribution in [-0.2, 0) is 0 Å². The first-order chi connectivity index (χ1) is 5.75. The van der Waals surface area contributed by atoms with Crippen molar-refractivity contribution < 1.29 is 0 Å². The highest BCUT2D eigenvalue weighted by atomic mass is 15.2. The van der Waals surface area contributed by atoms with E-state index in [2.05, 4.69) is 23.6 Å². The van der Waals surface area contributed by atoms with E-state index in [9.17, 15) is 0 Å². The van der Waals surface area contributed by atoms with E-state index in [1.807, 2.05) is 0 Å². The molecule has 0 aromatic rings. The highest BCUT2D eigenvalue weighted by Crippen LogP contribution is 2.19. The molecule has 1 aliphatic heterocycles. The quantitative estimate of drug-likeness (QED) is 0.570. The number of rotatable bonds is 2. The fourth-order valence-electron chi connectivity index (χ4n) is 2.00. The Kier molecular flexibility index (Phi) is 3.55. The van der Waals surface area contributed by atoms with Gasteiger partial charge in [0.1, 0.15) is 0 Å². The van der Waals surface area contributed by atoms with E-state index in [4.69, 9.17) is 6.57 Å². The minimum absolute atomic E-state index is 0.538. The van der Waals surface area contributed by atoms with Crippen molar-refractivity contribution in [2.45, 2.75) is 45.2 Å². The number of hydrogen-bond acceptors (Lipinski definition) is 1. The van der Waals surface area contributed by atoms with Crippen LogP contribution in [-0.4, -0.2) is 30.1 Å². The molecule has 12 heavy (non-hydrogen) atoms. The summed E-state index contributed by atoms with van der Waals surface area (Å²) in [6.07, 6.45) is 3.84. The standard InChI is InChI=1S/C10H18N2/c1-9(2)12-7-5-4-6-10(12)8-11-3/h9-10H,4-8H2,1-2H3. The third-order valence-corrected chi connectivity index (χ3v) is 2.64. The molecule has 0 bridgehead atoms. The molecule has 1 heterocycles. The van der Waals surface area contributed by atoms with Crippen molar-refractivity contribution in [3.63, 3.8) is 0 Å². The molecule has 0 radical (unpaired) electrons. The van der Waals surface area contributed by atoms with Gasteiger partial charge in [0.05, 0.1) is 6.04 Å². The summed E-state index contributed by atoms with van der Waals surface area (Å²) in [7, 11) is 0. The molecular formula is C10H18N2. The van der Waals surface area contributed by atoms with Crippen LogP contribution in [0.5, 0.6) is 0 Å². The maximum absolute atomic E-state index is 6.87. The molecule has 0 amide bonds. The maximum Gasteiger partial charge on any atom is 0.229 e. The summed E-state index contributed by atoms with van der Waals surface area (Å²) in [5.41, 5.74) is 0. The fourth-order valence-corrected chi connectivity index (χ4v) is 2.00. The normalized spacial score (nSPS) is 25.7. The van der Waals surface area contributed by atoms with Crippen molar-refractivity contribution in [2.24, 2.45) is 0 Å². The van der Waals surface area contributed by atoms with Crippen molar-refractivity contribution in [2.75, 3.05) is 13.1 Å². The van der Waals surface area contributed by atoms with E-state index < -0.39 is 0 Å². The highest BCUT2D eigenvalue weighted by Gasteiger charge is 2.26. The lowest BCUT2D eigenvalue weighted by atomic mass is 10.0. The van der Waals surface area contributed by atoms with Gasteiger partial charge in [-0.3, -0.25) is 4.90 Å². The first-order valence-corrected chi connectivity index (χ1v) is 4.84. The Morgan fingerprint density at radius 2 is 2.25 bits per heavy atom. The van der Waals surface area contributed by atoms with Crippen molar-refractivity contribution in [3.8, 4) is 0 Å². The molecule has 1 unspecified atom stereocenters. The van der Waals surface area contributed by atoms with E-state index in [1.54, 1.807) is 0 Å². The Morgan fingerprint density at radius 1 is 1.50 bits per heavy atom. The lowest BCUT2D eigenvalue weighted by molar-refractivity contribution is 0.121. The smallest absolute Gasteiger partial charge is 0.229 e. The predicted octanol–water partition coefficient (Wildman–Crippen LogP) is 2.17. The summed E-state index contributed by atoms with van der Waals surface area (Å²) < 4.78 is 0. The van der Waals surface area contributed by atoms with Crippen LogP contribution in [0.4, 0.5) is 0 Å². The largest absolute Gasteiger partial charge is 0.315 e. The van der Waals surface area contributed by atoms with E-state index in [0.29, 0.717) is 18.6 Å². The van der Waals surface area contributed by atoms with Crippen molar-refractivity contribution in [1.29, 1.82) is 0 Å². The van der Waals surface area contributed by atoms with Gasteiger partial charge in [0.25, 0.3) is 0 Å². The zero-order valence-electron chi connectivity index (χ0n) is 8.08. The number of nitrogens with zero attached hydrogens (tertiary/aromatic N) is 2. The van der Waals surface area contributed by atoms with Gasteiger partial charge in [-0.05, 0) is 33.2 Å². The summed E-state index contributed by atoms with van der Waals surface area (Å²) in [5, 5.41) is 0. The van der Waals surface area contributed by atoms with Crippen molar-refractivity contribution in [1.82, 2.24) is 4.90 Å². The van der Waals surface area contributed by atoms with Crippen LogP contribution in [0.3, 0.4) is 0 Å². The summed E-state index contributed by atoms with van der Waals surface area (Å²) in [6.45, 7) is 13.2. The highest BCUT2D eigenvalue weighted by molar-refractivity contribution is 4.84. The zero-order valence-corrected chi connectivity index (χ0v) is 8.08. The molecule has 1 rings (SSSR count). The van der Waals surface area contributed by atoms with E-state index in [-0.39, 0.29) is 0 Å². The molecule has 1 aliphatic rings. The molecule has 0 spiro atoms. The molecule has 2 nitrogen and oxygen atoms in total. The molecule has 0 aromatic heterocycles. The topological polar surface area (TPSA) is 7.60 Å². The van der Waals surface area contributed by atoms with Crippen LogP contribution in [0, 0.1) is 6.57 Å². The Labute approximate surface area is 75.4 Å². The molecular weight excluding hydrogens is 148 g/mol. The van der Waals surface area contributed by atoms with Gasteiger partial charge in [-0.2, -0.15) is 0 Å². The minimum Gasteiger partial charge on any atom is -0.315 e. The summed E-state index contributed by atoms with van der Waals surface area (Å²) in [5.74, 6) is 0. The van der Waals surface area contributed by atoms with Crippen LogP contribution in [0.2, 0.25) is 0 Å². The summed E-state index contributed by atoms with van der Waals surface area (Å²) in [6, 6.07) is 1.15. The second-order valence-electron chi connectivity index (χ2n) is 3.82. The number of piperidine rings is 1. The van der Waals surface area contributed by atoms with Crippen LogP contribution in [0.15, 0.2) is 0 Å². The van der Waals surface area contributed by atoms with Crippen LogP contribution < -0.4 is 0 Å². The molecule has 0 aromatic carbocycles. The van der Waals surface area contributed by atoms with E-state index in [1.165, 1.54) is 25.8 Å². The molecule has 1 fully saturated rings. The lowest BCUT2D eigenvalue weighted by Crippen LogP contribution is -2.45. The summed E-state index contributed by atoms with van der Waals surface area (Å²) >= 11 is 0. The Bertz CT molecular complexity index is 169. The first-order valence-electron chi connectivity index (χ1n) is 4.84. The Balaban J connectivity index is 2.49. The molecule has 2 heteroatoms. The molecule has 0 N–H and O–H groups in total. The first kappa shape index (κ1) is 9.54. The minimum atomic E-state index is 0.538. The third-order valence-electron chi connectivity index (χ3n) is 2.64. The number of likely N-dealkylation sites (tertiary alicyclic amines) is 1. The van der Waals surface area contributed by atoms with Gasteiger partial charge in [-0.25, -0.2) is 6.57 Å². The van der Waals surface area contributed by atoms with E-state index in [0.717, 1.165) is 0 Å². The average molecular weight is 166 g/mol. The van der Waals surface area contributed by atoms with E-state index >= 15 is 0 Å². The molecule has 1 atom stereocenters. The maximum atomic E-state index is 6.87. The van der Waals surface area contributed by atoms with Crippen LogP contribution in [0.1, 0.15) is 33.1 Å². The molecule has 0 aliphatic carbocycles. The second kappa shape index (κ2) is 4.47. The molecule has 1 saturated heterocycles. The Morgan fingerprint density at radius 3 is 2.83 bits per heavy atom. The van der Waals surface area contributed by atoms with Gasteiger partial charge in [0, 0.05) is 6.04 Å². The van der Waals surface area contributed by atoms with Gasteiger partial charge in [-0.15, -0.1) is 0 Å².